The molecule has 2 heteroatoms. The average molecular weight is 261 g/mol. The summed E-state index contributed by atoms with van der Waals surface area (Å²) in [5.41, 5.74) is 0. The van der Waals surface area contributed by atoms with Crippen LogP contribution in [0.5, 0.6) is 0 Å². The van der Waals surface area contributed by atoms with E-state index in [4.69, 9.17) is 0 Å². The van der Waals surface area contributed by atoms with Crippen molar-refractivity contribution in [2.75, 3.05) is 0 Å². The molecule has 0 spiro atoms. The summed E-state index contributed by atoms with van der Waals surface area (Å²) in [5.74, 6) is 0. The first-order valence-corrected chi connectivity index (χ1v) is 10.3. The molecule has 0 aromatic rings. The van der Waals surface area contributed by atoms with Gasteiger partial charge in [-0.05, 0) is 0 Å². The molecule has 1 aliphatic heterocycles. The predicted octanol–water partition coefficient (Wildman–Crippen LogP) is 0.473. The van der Waals surface area contributed by atoms with E-state index in [1.165, 1.54) is 0 Å². The molecular formula is C8H7Se2. The van der Waals surface area contributed by atoms with Gasteiger partial charge in [0.1, 0.15) is 0 Å². The maximum atomic E-state index is 2.41. The first-order chi connectivity index (χ1) is 4.97. The molecule has 10 heavy (non-hydrogen) atoms. The minimum absolute atomic E-state index is 0.435. The SMILES string of the molecule is C1=CC(=[Se]2C=CC=[Se]2)C=C1. The third-order valence-corrected chi connectivity index (χ3v) is 11.5. The summed E-state index contributed by atoms with van der Waals surface area (Å²) >= 11 is 0.365. The third-order valence-electron chi connectivity index (χ3n) is 1.30. The number of hydrogen-bond donors (Lipinski definition) is 0. The molecule has 1 atom stereocenters. The fraction of sp³-hybridized carbons (Fsp3) is 0. The van der Waals surface area contributed by atoms with E-state index in [9.17, 15) is 0 Å². The van der Waals surface area contributed by atoms with Crippen molar-refractivity contribution in [3.63, 3.8) is 0 Å². The second-order valence-corrected chi connectivity index (χ2v) is 11.8. The van der Waals surface area contributed by atoms with Crippen molar-refractivity contribution >= 4 is 33.7 Å². The average Bonchev–Trinajstić information content (AvgIpc) is 2.59. The second-order valence-electron chi connectivity index (χ2n) is 1.98. The van der Waals surface area contributed by atoms with Crippen molar-refractivity contribution in [2.24, 2.45) is 0 Å². The topological polar surface area (TPSA) is 0 Å². The van der Waals surface area contributed by atoms with E-state index in [0.29, 0.717) is 0 Å². The normalized spacial score (nSPS) is 27.2. The van der Waals surface area contributed by atoms with Gasteiger partial charge in [-0.3, -0.25) is 0 Å². The Kier molecular flexibility index (Phi) is 1.97. The molecule has 0 saturated heterocycles. The van der Waals surface area contributed by atoms with Gasteiger partial charge in [-0.25, -0.2) is 0 Å². The molecular weight excluding hydrogens is 254 g/mol. The van der Waals surface area contributed by atoms with Gasteiger partial charge in [0.2, 0.25) is 0 Å². The van der Waals surface area contributed by atoms with E-state index in [1.807, 2.05) is 0 Å². The molecule has 1 unspecified atom stereocenters. The van der Waals surface area contributed by atoms with Crippen LogP contribution in [0.25, 0.3) is 0 Å². The molecule has 0 aromatic heterocycles. The van der Waals surface area contributed by atoms with Crippen LogP contribution in [0.15, 0.2) is 35.4 Å². The van der Waals surface area contributed by atoms with Crippen LogP contribution in [0, 0.1) is 0 Å². The Hall–Kier alpha value is -0.00104. The number of hydrogen-bond acceptors (Lipinski definition) is 0. The molecule has 1 heterocycles. The standard InChI is InChI=1S/C8H7Se2/c1-2-5-8(4-1)10-7-3-6-9-10/h1-7H. The summed E-state index contributed by atoms with van der Waals surface area (Å²) < 4.78 is 1.60. The van der Waals surface area contributed by atoms with E-state index in [-0.39, 0.29) is 0 Å². The molecule has 1 radical (unpaired) electrons. The molecule has 0 saturated carbocycles. The Bertz CT molecular complexity index is 232. The summed E-state index contributed by atoms with van der Waals surface area (Å²) in [6, 6.07) is 0. The van der Waals surface area contributed by atoms with Crippen LogP contribution in [-0.4, -0.2) is 33.7 Å². The summed E-state index contributed by atoms with van der Waals surface area (Å²) in [7, 11) is 0. The van der Waals surface area contributed by atoms with Gasteiger partial charge in [-0.15, -0.1) is 0 Å². The van der Waals surface area contributed by atoms with Crippen LogP contribution in [0.1, 0.15) is 0 Å². The Morgan fingerprint density at radius 3 is 2.50 bits per heavy atom. The summed E-state index contributed by atoms with van der Waals surface area (Å²) in [6.45, 7) is 0. The summed E-state index contributed by atoms with van der Waals surface area (Å²) in [4.78, 5) is 4.75. The van der Waals surface area contributed by atoms with Crippen molar-refractivity contribution < 1.29 is 0 Å². The van der Waals surface area contributed by atoms with Gasteiger partial charge in [0.25, 0.3) is 0 Å². The predicted molar refractivity (Wildman–Crippen MR) is 50.0 cm³/mol. The van der Waals surface area contributed by atoms with E-state index in [0.717, 1.165) is 12.7 Å². The Labute approximate surface area is 69.0 Å². The van der Waals surface area contributed by atoms with Crippen LogP contribution in [0.4, 0.5) is 0 Å². The zero-order valence-electron chi connectivity index (χ0n) is 5.36. The first-order valence-electron chi connectivity index (χ1n) is 3.09. The van der Waals surface area contributed by atoms with Crippen molar-refractivity contribution in [2.45, 2.75) is 0 Å². The van der Waals surface area contributed by atoms with Crippen LogP contribution in [0.3, 0.4) is 0 Å². The van der Waals surface area contributed by atoms with Gasteiger partial charge in [0, 0.05) is 0 Å². The van der Waals surface area contributed by atoms with Gasteiger partial charge in [0.05, 0.1) is 0 Å². The Morgan fingerprint density at radius 2 is 1.90 bits per heavy atom. The number of rotatable bonds is 0. The quantitative estimate of drug-likeness (QED) is 0.556. The first kappa shape index (κ1) is 6.69. The monoisotopic (exact) mass is 263 g/mol. The molecule has 0 N–H and O–H groups in total. The fourth-order valence-corrected chi connectivity index (χ4v) is 9.79. The van der Waals surface area contributed by atoms with Crippen molar-refractivity contribution in [3.05, 3.63) is 35.4 Å². The molecule has 0 amide bonds. The summed E-state index contributed by atoms with van der Waals surface area (Å²) in [6.07, 6.45) is 11.0. The van der Waals surface area contributed by atoms with Crippen molar-refractivity contribution in [1.29, 1.82) is 0 Å². The summed E-state index contributed by atoms with van der Waals surface area (Å²) in [5, 5.41) is 0. The van der Waals surface area contributed by atoms with Gasteiger partial charge in [0.15, 0.2) is 0 Å². The van der Waals surface area contributed by atoms with Crippen molar-refractivity contribution in [1.82, 2.24) is 0 Å². The van der Waals surface area contributed by atoms with E-state index in [2.05, 4.69) is 40.3 Å². The van der Waals surface area contributed by atoms with E-state index < -0.39 is 11.6 Å². The molecule has 0 nitrogen and oxygen atoms in total. The van der Waals surface area contributed by atoms with Gasteiger partial charge >= 0.3 is 69.0 Å². The molecule has 2 rings (SSSR count). The van der Waals surface area contributed by atoms with E-state index >= 15 is 0 Å². The van der Waals surface area contributed by atoms with Gasteiger partial charge in [-0.2, -0.15) is 0 Å². The third kappa shape index (κ3) is 1.21. The van der Waals surface area contributed by atoms with Crippen LogP contribution < -0.4 is 0 Å². The maximum absolute atomic E-state index is 2.41. The Morgan fingerprint density at radius 1 is 1.10 bits per heavy atom. The van der Waals surface area contributed by atoms with E-state index in [1.54, 1.807) is 4.42 Å². The Balaban J connectivity index is 2.46. The fourth-order valence-electron chi connectivity index (χ4n) is 0.852. The molecule has 2 aliphatic rings. The minimum atomic E-state index is -0.435. The molecule has 0 fully saturated rings. The molecule has 51 valence electrons. The molecule has 0 bridgehead atoms. The van der Waals surface area contributed by atoms with Gasteiger partial charge < -0.3 is 0 Å². The molecule has 1 aliphatic carbocycles. The van der Waals surface area contributed by atoms with Crippen LogP contribution >= 0.6 is 0 Å². The second kappa shape index (κ2) is 2.94. The van der Waals surface area contributed by atoms with Gasteiger partial charge in [-0.1, -0.05) is 0 Å². The van der Waals surface area contributed by atoms with Crippen LogP contribution in [0.2, 0.25) is 0 Å². The van der Waals surface area contributed by atoms with Crippen molar-refractivity contribution in [3.8, 4) is 0 Å². The number of allylic oxidation sites excluding steroid dienone is 5. The zero-order chi connectivity index (χ0) is 6.81. The van der Waals surface area contributed by atoms with Crippen LogP contribution in [-0.2, 0) is 0 Å². The molecule has 0 aromatic carbocycles. The zero-order valence-corrected chi connectivity index (χ0v) is 8.78.